The van der Waals surface area contributed by atoms with Crippen LogP contribution in [0.3, 0.4) is 0 Å². The first-order valence-corrected chi connectivity index (χ1v) is 7.04. The molecule has 0 unspecified atom stereocenters. The normalized spacial score (nSPS) is 9.76. The molecule has 0 heterocycles. The number of rotatable bonds is 3. The van der Waals surface area contributed by atoms with Crippen LogP contribution in [-0.2, 0) is 0 Å². The molecular weight excluding hydrogens is 289 g/mol. The van der Waals surface area contributed by atoms with Gasteiger partial charge in [0.05, 0.1) is 12.7 Å². The van der Waals surface area contributed by atoms with Crippen molar-refractivity contribution in [3.63, 3.8) is 0 Å². The van der Waals surface area contributed by atoms with Gasteiger partial charge < -0.3 is 15.6 Å². The SMILES string of the molecule is CCCN.COc1cccc(O)c1-c1ccc(S)cc1F. The summed E-state index contributed by atoms with van der Waals surface area (Å²) < 4.78 is 18.9. The summed E-state index contributed by atoms with van der Waals surface area (Å²) in [6.07, 6.45) is 1.10. The van der Waals surface area contributed by atoms with Crippen molar-refractivity contribution >= 4 is 12.6 Å². The maximum atomic E-state index is 13.8. The average molecular weight is 309 g/mol. The number of halogens is 1. The second-order valence-electron chi connectivity index (χ2n) is 4.31. The number of aromatic hydroxyl groups is 1. The van der Waals surface area contributed by atoms with Gasteiger partial charge in [-0.05, 0) is 37.2 Å². The number of thiol groups is 1. The Bertz CT molecular complexity index is 588. The van der Waals surface area contributed by atoms with Crippen LogP contribution in [0.1, 0.15) is 13.3 Å². The molecule has 114 valence electrons. The summed E-state index contributed by atoms with van der Waals surface area (Å²) in [5.74, 6) is -0.0386. The molecule has 0 radical (unpaired) electrons. The van der Waals surface area contributed by atoms with Crippen molar-refractivity contribution < 1.29 is 14.2 Å². The molecule has 0 bridgehead atoms. The van der Waals surface area contributed by atoms with Crippen molar-refractivity contribution in [3.8, 4) is 22.6 Å². The van der Waals surface area contributed by atoms with Crippen LogP contribution >= 0.6 is 12.6 Å². The number of hydrogen-bond acceptors (Lipinski definition) is 4. The highest BCUT2D eigenvalue weighted by Gasteiger charge is 2.14. The van der Waals surface area contributed by atoms with Crippen molar-refractivity contribution in [1.82, 2.24) is 0 Å². The number of methoxy groups -OCH3 is 1. The minimum absolute atomic E-state index is 0.0184. The van der Waals surface area contributed by atoms with Gasteiger partial charge in [-0.25, -0.2) is 4.39 Å². The lowest BCUT2D eigenvalue weighted by Gasteiger charge is -2.11. The van der Waals surface area contributed by atoms with Gasteiger partial charge in [0.25, 0.3) is 0 Å². The van der Waals surface area contributed by atoms with E-state index in [1.807, 2.05) is 0 Å². The maximum absolute atomic E-state index is 13.8. The minimum atomic E-state index is -0.447. The molecule has 0 aliphatic heterocycles. The van der Waals surface area contributed by atoms with Gasteiger partial charge in [0.15, 0.2) is 0 Å². The molecule has 0 spiro atoms. The molecule has 5 heteroatoms. The number of benzene rings is 2. The summed E-state index contributed by atoms with van der Waals surface area (Å²) in [5, 5.41) is 9.80. The van der Waals surface area contributed by atoms with E-state index in [0.29, 0.717) is 16.2 Å². The van der Waals surface area contributed by atoms with Crippen LogP contribution in [0.5, 0.6) is 11.5 Å². The van der Waals surface area contributed by atoms with Crippen molar-refractivity contribution in [1.29, 1.82) is 0 Å². The summed E-state index contributed by atoms with van der Waals surface area (Å²) in [5.41, 5.74) is 5.67. The van der Waals surface area contributed by atoms with E-state index in [0.717, 1.165) is 13.0 Å². The van der Waals surface area contributed by atoms with E-state index in [9.17, 15) is 9.50 Å². The lowest BCUT2D eigenvalue weighted by atomic mass is 10.0. The van der Waals surface area contributed by atoms with Crippen LogP contribution in [0.4, 0.5) is 4.39 Å². The van der Waals surface area contributed by atoms with Gasteiger partial charge in [0, 0.05) is 10.5 Å². The second-order valence-corrected chi connectivity index (χ2v) is 4.82. The zero-order chi connectivity index (χ0) is 15.8. The van der Waals surface area contributed by atoms with Gasteiger partial charge in [0.2, 0.25) is 0 Å². The Morgan fingerprint density at radius 2 is 1.95 bits per heavy atom. The van der Waals surface area contributed by atoms with E-state index in [4.69, 9.17) is 10.5 Å². The van der Waals surface area contributed by atoms with Gasteiger partial charge in [-0.2, -0.15) is 0 Å². The summed E-state index contributed by atoms with van der Waals surface area (Å²) in [7, 11) is 1.48. The quantitative estimate of drug-likeness (QED) is 0.755. The Morgan fingerprint density at radius 3 is 2.48 bits per heavy atom. The molecule has 0 saturated heterocycles. The second kappa shape index (κ2) is 8.54. The fourth-order valence-electron chi connectivity index (χ4n) is 1.67. The first-order valence-electron chi connectivity index (χ1n) is 6.60. The third-order valence-corrected chi connectivity index (χ3v) is 3.01. The lowest BCUT2D eigenvalue weighted by molar-refractivity contribution is 0.410. The predicted molar refractivity (Wildman–Crippen MR) is 86.7 cm³/mol. The van der Waals surface area contributed by atoms with Gasteiger partial charge >= 0.3 is 0 Å². The number of hydrogen-bond donors (Lipinski definition) is 3. The molecule has 2 aromatic carbocycles. The first-order chi connectivity index (χ1) is 10.0. The Labute approximate surface area is 130 Å². The minimum Gasteiger partial charge on any atom is -0.507 e. The maximum Gasteiger partial charge on any atom is 0.132 e. The third-order valence-electron chi connectivity index (χ3n) is 2.73. The molecule has 21 heavy (non-hydrogen) atoms. The van der Waals surface area contributed by atoms with Gasteiger partial charge in [-0.15, -0.1) is 12.6 Å². The number of ether oxygens (including phenoxy) is 1. The smallest absolute Gasteiger partial charge is 0.132 e. The van der Waals surface area contributed by atoms with Gasteiger partial charge in [0.1, 0.15) is 17.3 Å². The molecule has 0 aromatic heterocycles. The van der Waals surface area contributed by atoms with Crippen LogP contribution in [0, 0.1) is 5.82 Å². The third kappa shape index (κ3) is 4.65. The highest BCUT2D eigenvalue weighted by atomic mass is 32.1. The van der Waals surface area contributed by atoms with Crippen LogP contribution in [0.25, 0.3) is 11.1 Å². The molecule has 0 aliphatic rings. The largest absolute Gasteiger partial charge is 0.507 e. The Kier molecular flexibility index (Phi) is 7.05. The summed E-state index contributed by atoms with van der Waals surface area (Å²) in [6.45, 7) is 2.88. The lowest BCUT2D eigenvalue weighted by Crippen LogP contribution is -1.93. The van der Waals surface area contributed by atoms with Crippen molar-refractivity contribution in [2.24, 2.45) is 5.73 Å². The summed E-state index contributed by atoms with van der Waals surface area (Å²) in [6, 6.07) is 9.32. The number of nitrogens with two attached hydrogens (primary N) is 1. The fraction of sp³-hybridized carbons (Fsp3) is 0.250. The highest BCUT2D eigenvalue weighted by molar-refractivity contribution is 7.80. The van der Waals surface area contributed by atoms with Crippen LogP contribution in [-0.4, -0.2) is 18.8 Å². The molecule has 0 saturated carbocycles. The van der Waals surface area contributed by atoms with E-state index in [1.54, 1.807) is 24.3 Å². The molecular formula is C16H20FNO2S. The highest BCUT2D eigenvalue weighted by Crippen LogP contribution is 2.39. The number of phenols is 1. The van der Waals surface area contributed by atoms with E-state index >= 15 is 0 Å². The van der Waals surface area contributed by atoms with E-state index in [1.165, 1.54) is 19.2 Å². The van der Waals surface area contributed by atoms with Crippen molar-refractivity contribution in [3.05, 3.63) is 42.2 Å². The zero-order valence-corrected chi connectivity index (χ0v) is 13.0. The molecule has 0 aliphatic carbocycles. The monoisotopic (exact) mass is 309 g/mol. The van der Waals surface area contributed by atoms with Crippen molar-refractivity contribution in [2.45, 2.75) is 18.2 Å². The topological polar surface area (TPSA) is 55.5 Å². The van der Waals surface area contributed by atoms with Gasteiger partial charge in [-0.3, -0.25) is 0 Å². The number of phenolic OH excluding ortho intramolecular Hbond substituents is 1. The average Bonchev–Trinajstić information content (AvgIpc) is 2.48. The van der Waals surface area contributed by atoms with Gasteiger partial charge in [-0.1, -0.05) is 19.1 Å². The zero-order valence-electron chi connectivity index (χ0n) is 12.1. The molecule has 0 fully saturated rings. The standard InChI is InChI=1S/C13H11FO2S.C3H9N/c1-16-12-4-2-3-11(15)13(12)9-6-5-8(17)7-10(9)14;1-2-3-4/h2-7,15,17H,1H3;2-4H2,1H3. The van der Waals surface area contributed by atoms with Crippen LogP contribution in [0.2, 0.25) is 0 Å². The molecule has 0 atom stereocenters. The summed E-state index contributed by atoms with van der Waals surface area (Å²) >= 11 is 4.05. The Balaban J connectivity index is 0.000000491. The van der Waals surface area contributed by atoms with Crippen molar-refractivity contribution in [2.75, 3.05) is 13.7 Å². The molecule has 2 aromatic rings. The van der Waals surface area contributed by atoms with Crippen LogP contribution < -0.4 is 10.5 Å². The molecule has 3 N–H and O–H groups in total. The molecule has 3 nitrogen and oxygen atoms in total. The van der Waals surface area contributed by atoms with E-state index < -0.39 is 5.82 Å². The fourth-order valence-corrected chi connectivity index (χ4v) is 1.86. The van der Waals surface area contributed by atoms with E-state index in [-0.39, 0.29) is 11.3 Å². The molecule has 2 rings (SSSR count). The Hall–Kier alpha value is -1.72. The Morgan fingerprint density at radius 1 is 1.29 bits per heavy atom. The summed E-state index contributed by atoms with van der Waals surface area (Å²) in [4.78, 5) is 0.528. The van der Waals surface area contributed by atoms with Crippen LogP contribution in [0.15, 0.2) is 41.3 Å². The first kappa shape index (κ1) is 17.3. The molecule has 0 amide bonds. The predicted octanol–water partition coefficient (Wildman–Crippen LogP) is 3.85. The van der Waals surface area contributed by atoms with E-state index in [2.05, 4.69) is 19.6 Å².